The zero-order valence-electron chi connectivity index (χ0n) is 17.1. The summed E-state index contributed by atoms with van der Waals surface area (Å²) in [6.07, 6.45) is 0. The van der Waals surface area contributed by atoms with E-state index in [1.807, 2.05) is 0 Å². The van der Waals surface area contributed by atoms with Gasteiger partial charge in [0.2, 0.25) is 5.52 Å². The van der Waals surface area contributed by atoms with Crippen molar-refractivity contribution in [1.29, 1.82) is 0 Å². The van der Waals surface area contributed by atoms with Gasteiger partial charge in [-0.05, 0) is 35.7 Å². The maximum absolute atomic E-state index is 12.5. The molecule has 0 saturated heterocycles. The van der Waals surface area contributed by atoms with Crippen molar-refractivity contribution in [1.82, 2.24) is 9.97 Å². The van der Waals surface area contributed by atoms with Crippen LogP contribution in [0.15, 0.2) is 66.0 Å². The van der Waals surface area contributed by atoms with Gasteiger partial charge in [-0.2, -0.15) is 0 Å². The van der Waals surface area contributed by atoms with Crippen molar-refractivity contribution in [2.24, 2.45) is 0 Å². The number of carbonyl (C=O) groups excluding carboxylic acids is 1. The number of amides is 1. The van der Waals surface area contributed by atoms with Crippen LogP contribution >= 0.6 is 26.5 Å². The number of hydrogen-bond donors (Lipinski definition) is 6. The summed E-state index contributed by atoms with van der Waals surface area (Å²) in [5.74, 6) is -0.329. The zero-order valence-corrected chi connectivity index (χ0v) is 19.7. The van der Waals surface area contributed by atoms with Gasteiger partial charge in [-0.25, -0.2) is 9.97 Å². The molecule has 0 atom stereocenters. The maximum atomic E-state index is 12.5. The number of hydrogen-bond acceptors (Lipinski definition) is 7. The van der Waals surface area contributed by atoms with E-state index in [0.717, 1.165) is 11.3 Å². The van der Waals surface area contributed by atoms with Crippen molar-refractivity contribution in [2.75, 3.05) is 10.6 Å². The Balaban J connectivity index is 1.71. The fourth-order valence-corrected chi connectivity index (χ4v) is 6.04. The van der Waals surface area contributed by atoms with E-state index in [1.165, 1.54) is 0 Å². The Hall–Kier alpha value is -2.95. The molecule has 0 radical (unpaired) electrons. The Labute approximate surface area is 196 Å². The van der Waals surface area contributed by atoms with E-state index in [9.17, 15) is 33.5 Å². The number of rotatable bonds is 7. The predicted molar refractivity (Wildman–Crippen MR) is 129 cm³/mol. The van der Waals surface area contributed by atoms with Crippen LogP contribution in [0.4, 0.5) is 11.5 Å². The topological polar surface area (TPSA) is 182 Å². The molecule has 0 saturated carbocycles. The van der Waals surface area contributed by atoms with Gasteiger partial charge in [-0.3, -0.25) is 13.9 Å². The van der Waals surface area contributed by atoms with Crippen LogP contribution in [0, 0.1) is 0 Å². The first-order valence-electron chi connectivity index (χ1n) is 9.61. The van der Waals surface area contributed by atoms with Crippen LogP contribution in [0.1, 0.15) is 10.4 Å². The molecule has 176 valence electrons. The highest BCUT2D eigenvalue weighted by Crippen LogP contribution is 2.59. The average molecular weight is 520 g/mol. The Morgan fingerprint density at radius 2 is 1.62 bits per heavy atom. The highest BCUT2D eigenvalue weighted by Gasteiger charge is 2.44. The molecule has 11 nitrogen and oxygen atoms in total. The number of fused-ring (bicyclic) bond motifs is 1. The van der Waals surface area contributed by atoms with Crippen LogP contribution in [-0.2, 0) is 9.13 Å². The van der Waals surface area contributed by atoms with Gasteiger partial charge in [0.15, 0.2) is 5.82 Å². The van der Waals surface area contributed by atoms with Gasteiger partial charge in [0, 0.05) is 16.8 Å². The van der Waals surface area contributed by atoms with Crippen LogP contribution in [0.3, 0.4) is 0 Å². The molecule has 2 aromatic carbocycles. The monoisotopic (exact) mass is 520 g/mol. The van der Waals surface area contributed by atoms with E-state index >= 15 is 0 Å². The van der Waals surface area contributed by atoms with E-state index in [2.05, 4.69) is 20.6 Å². The highest BCUT2D eigenvalue weighted by atomic mass is 32.1. The standard InChI is InChI=1S/C20H18N4O7P2S/c25-19(12-5-2-1-3-6-12)21-14-8-4-7-13(11-14)17-22-15-9-10-34-16(15)18(23-17)24-20(32(26,27)28)33(29,30)31/h1-11,20H,(H,21,25)(H,22,23,24)(H2,26,27,28)(H2,29,30,31). The van der Waals surface area contributed by atoms with Crippen molar-refractivity contribution >= 4 is 54.2 Å². The molecule has 34 heavy (non-hydrogen) atoms. The lowest BCUT2D eigenvalue weighted by atomic mass is 10.1. The zero-order chi connectivity index (χ0) is 24.5. The van der Waals surface area contributed by atoms with Crippen LogP contribution in [0.2, 0.25) is 0 Å². The molecule has 0 fully saturated rings. The van der Waals surface area contributed by atoms with Crippen LogP contribution < -0.4 is 10.6 Å². The third-order valence-corrected chi connectivity index (χ3v) is 8.87. The Bertz CT molecular complexity index is 1430. The first-order chi connectivity index (χ1) is 16.0. The van der Waals surface area contributed by atoms with Gasteiger partial charge in [-0.15, -0.1) is 11.3 Å². The predicted octanol–water partition coefficient (Wildman–Crippen LogP) is 3.66. The van der Waals surface area contributed by atoms with Gasteiger partial charge < -0.3 is 30.2 Å². The molecule has 0 aliphatic carbocycles. The summed E-state index contributed by atoms with van der Waals surface area (Å²) in [6.45, 7) is 0. The quantitative estimate of drug-likeness (QED) is 0.197. The lowest BCUT2D eigenvalue weighted by Crippen LogP contribution is -2.21. The van der Waals surface area contributed by atoms with E-state index < -0.39 is 20.7 Å². The number of nitrogens with zero attached hydrogens (tertiary/aromatic N) is 2. The van der Waals surface area contributed by atoms with Crippen LogP contribution in [0.25, 0.3) is 21.6 Å². The van der Waals surface area contributed by atoms with Crippen molar-refractivity contribution < 1.29 is 33.5 Å². The summed E-state index contributed by atoms with van der Waals surface area (Å²) in [7, 11) is -10.5. The van der Waals surface area contributed by atoms with Crippen molar-refractivity contribution in [3.05, 3.63) is 71.6 Å². The second kappa shape index (κ2) is 9.36. The van der Waals surface area contributed by atoms with Crippen LogP contribution in [-0.4, -0.2) is 41.0 Å². The Morgan fingerprint density at radius 1 is 0.912 bits per heavy atom. The number of thiophene rings is 1. The highest BCUT2D eigenvalue weighted by molar-refractivity contribution is 7.71. The van der Waals surface area contributed by atoms with E-state index in [0.29, 0.717) is 27.0 Å². The summed E-state index contributed by atoms with van der Waals surface area (Å²) >= 11 is 1.14. The van der Waals surface area contributed by atoms with Gasteiger partial charge in [0.25, 0.3) is 5.91 Å². The van der Waals surface area contributed by atoms with Crippen LogP contribution in [0.5, 0.6) is 0 Å². The number of benzene rings is 2. The molecule has 0 aliphatic heterocycles. The smallest absolute Gasteiger partial charge is 0.345 e. The molecule has 14 heteroatoms. The number of anilines is 2. The molecular weight excluding hydrogens is 502 g/mol. The molecule has 4 aromatic rings. The molecule has 4 rings (SSSR count). The van der Waals surface area contributed by atoms with Gasteiger partial charge >= 0.3 is 15.2 Å². The minimum Gasteiger partial charge on any atom is -0.345 e. The summed E-state index contributed by atoms with van der Waals surface area (Å²) < 4.78 is 23.8. The minimum atomic E-state index is -5.24. The first kappa shape index (κ1) is 24.2. The first-order valence-corrected chi connectivity index (χ1v) is 13.9. The SMILES string of the molecule is O=C(Nc1cccc(-c2nc(NC(P(=O)(O)O)P(=O)(O)O)c3sccc3n2)c1)c1ccccc1. The van der Waals surface area contributed by atoms with E-state index in [-0.39, 0.29) is 17.5 Å². The van der Waals surface area contributed by atoms with Crippen molar-refractivity contribution in [2.45, 2.75) is 5.52 Å². The normalized spacial score (nSPS) is 12.1. The Kier molecular flexibility index (Phi) is 6.66. The summed E-state index contributed by atoms with van der Waals surface area (Å²) in [4.78, 5) is 59.1. The molecule has 2 aromatic heterocycles. The fraction of sp³-hybridized carbons (Fsp3) is 0.0500. The van der Waals surface area contributed by atoms with Gasteiger partial charge in [0.05, 0.1) is 10.2 Å². The average Bonchev–Trinajstić information content (AvgIpc) is 3.25. The molecular formula is C20H18N4O7P2S. The van der Waals surface area contributed by atoms with E-state index in [4.69, 9.17) is 0 Å². The lowest BCUT2D eigenvalue weighted by molar-refractivity contribution is 0.102. The Morgan fingerprint density at radius 3 is 2.29 bits per heavy atom. The van der Waals surface area contributed by atoms with Crippen molar-refractivity contribution in [3.63, 3.8) is 0 Å². The number of carbonyl (C=O) groups is 1. The second-order valence-electron chi connectivity index (χ2n) is 7.13. The number of aromatic nitrogens is 2. The minimum absolute atomic E-state index is 0.124. The molecule has 0 unspecified atom stereocenters. The van der Waals surface area contributed by atoms with Gasteiger partial charge in [0.1, 0.15) is 5.82 Å². The largest absolute Gasteiger partial charge is 0.360 e. The number of nitrogens with one attached hydrogen (secondary N) is 2. The molecule has 1 amide bonds. The molecule has 0 aliphatic rings. The fourth-order valence-electron chi connectivity index (χ4n) is 3.11. The molecule has 2 heterocycles. The summed E-state index contributed by atoms with van der Waals surface area (Å²) in [5, 5.41) is 6.66. The third kappa shape index (κ3) is 5.40. The lowest BCUT2D eigenvalue weighted by Gasteiger charge is -2.21. The van der Waals surface area contributed by atoms with Gasteiger partial charge in [-0.1, -0.05) is 30.3 Å². The third-order valence-electron chi connectivity index (χ3n) is 4.62. The second-order valence-corrected chi connectivity index (χ2v) is 11.8. The summed E-state index contributed by atoms with van der Waals surface area (Å²) in [6, 6.07) is 16.9. The molecule has 6 N–H and O–H groups in total. The maximum Gasteiger partial charge on any atom is 0.360 e. The molecule has 0 bridgehead atoms. The molecule has 0 spiro atoms. The van der Waals surface area contributed by atoms with Crippen molar-refractivity contribution in [3.8, 4) is 11.4 Å². The van der Waals surface area contributed by atoms with E-state index in [1.54, 1.807) is 66.0 Å². The summed E-state index contributed by atoms with van der Waals surface area (Å²) in [5.41, 5.74) is -0.670.